The molecule has 2 aromatic heterocycles. The number of hydrogen-bond acceptors (Lipinski definition) is 4. The summed E-state index contributed by atoms with van der Waals surface area (Å²) in [6, 6.07) is 9.88. The first-order chi connectivity index (χ1) is 14.5. The summed E-state index contributed by atoms with van der Waals surface area (Å²) < 4.78 is 14.8. The van der Waals surface area contributed by atoms with E-state index in [-0.39, 0.29) is 22.9 Å². The number of aromatic nitrogens is 3. The van der Waals surface area contributed by atoms with E-state index in [9.17, 15) is 14.0 Å². The van der Waals surface area contributed by atoms with E-state index in [1.165, 1.54) is 12.1 Å². The van der Waals surface area contributed by atoms with E-state index in [4.69, 9.17) is 5.73 Å². The number of likely N-dealkylation sites (tertiary alicyclic amines) is 1. The fraction of sp³-hybridized carbons (Fsp3) is 0.227. The molecule has 7 nitrogen and oxygen atoms in total. The maximum absolute atomic E-state index is 14.8. The zero-order chi connectivity index (χ0) is 20.8. The summed E-state index contributed by atoms with van der Waals surface area (Å²) in [6.07, 6.45) is 2.91. The van der Waals surface area contributed by atoms with Gasteiger partial charge in [-0.25, -0.2) is 9.37 Å². The highest BCUT2D eigenvalue weighted by Gasteiger charge is 2.24. The van der Waals surface area contributed by atoms with Crippen LogP contribution in [0.3, 0.4) is 0 Å². The van der Waals surface area contributed by atoms with Gasteiger partial charge in [0.15, 0.2) is 5.69 Å². The van der Waals surface area contributed by atoms with Gasteiger partial charge in [-0.15, -0.1) is 0 Å². The number of nitrogens with two attached hydrogens (primary N) is 1. The molecule has 3 heterocycles. The third-order valence-corrected chi connectivity index (χ3v) is 5.64. The van der Waals surface area contributed by atoms with E-state index in [0.29, 0.717) is 40.7 Å². The van der Waals surface area contributed by atoms with E-state index >= 15 is 0 Å². The molecule has 152 valence electrons. The molecule has 30 heavy (non-hydrogen) atoms. The van der Waals surface area contributed by atoms with Crippen LogP contribution in [-0.4, -0.2) is 38.8 Å². The van der Waals surface area contributed by atoms with Gasteiger partial charge in [0, 0.05) is 18.5 Å². The number of halogens is 1. The van der Waals surface area contributed by atoms with Crippen molar-refractivity contribution in [3.63, 3.8) is 0 Å². The second-order valence-corrected chi connectivity index (χ2v) is 7.58. The van der Waals surface area contributed by atoms with E-state index in [0.717, 1.165) is 19.3 Å². The smallest absolute Gasteiger partial charge is 0.276 e. The first kappa shape index (κ1) is 18.4. The molecule has 0 bridgehead atoms. The number of hydrogen-bond donors (Lipinski definition) is 3. The Bertz CT molecular complexity index is 1350. The molecular weight excluding hydrogens is 385 g/mol. The zero-order valence-corrected chi connectivity index (χ0v) is 16.2. The van der Waals surface area contributed by atoms with Crippen LogP contribution in [0, 0.1) is 5.82 Å². The summed E-state index contributed by atoms with van der Waals surface area (Å²) in [5, 5.41) is 0.487. The average molecular weight is 405 g/mol. The molecule has 0 spiro atoms. The summed E-state index contributed by atoms with van der Waals surface area (Å²) >= 11 is 0. The van der Waals surface area contributed by atoms with Crippen molar-refractivity contribution in [3.8, 4) is 11.4 Å². The van der Waals surface area contributed by atoms with Crippen molar-refractivity contribution in [3.05, 3.63) is 58.1 Å². The summed E-state index contributed by atoms with van der Waals surface area (Å²) in [6.45, 7) is 1.25. The van der Waals surface area contributed by atoms with Crippen LogP contribution in [0.1, 0.15) is 29.6 Å². The number of carbonyl (C=O) groups excluding carboxylic acids is 1. The summed E-state index contributed by atoms with van der Waals surface area (Å²) in [5.41, 5.74) is 8.20. The number of rotatable bonds is 2. The first-order valence-electron chi connectivity index (χ1n) is 9.92. The number of piperidine rings is 1. The molecular formula is C22H20FN5O2. The van der Waals surface area contributed by atoms with Crippen molar-refractivity contribution in [1.82, 2.24) is 19.9 Å². The molecule has 1 fully saturated rings. The lowest BCUT2D eigenvalue weighted by Gasteiger charge is -2.26. The molecule has 8 heteroatoms. The van der Waals surface area contributed by atoms with Crippen LogP contribution >= 0.6 is 0 Å². The van der Waals surface area contributed by atoms with Crippen molar-refractivity contribution in [2.75, 3.05) is 18.8 Å². The molecule has 1 saturated heterocycles. The van der Waals surface area contributed by atoms with Gasteiger partial charge in [-0.2, -0.15) is 0 Å². The van der Waals surface area contributed by atoms with Gasteiger partial charge in [0.25, 0.3) is 11.5 Å². The van der Waals surface area contributed by atoms with Crippen LogP contribution in [0.15, 0.2) is 41.2 Å². The largest absolute Gasteiger partial charge is 0.396 e. The van der Waals surface area contributed by atoms with Crippen LogP contribution in [0.5, 0.6) is 0 Å². The van der Waals surface area contributed by atoms with Gasteiger partial charge in [-0.1, -0.05) is 12.1 Å². The quantitative estimate of drug-likeness (QED) is 0.475. The highest BCUT2D eigenvalue weighted by Crippen LogP contribution is 2.33. The maximum Gasteiger partial charge on any atom is 0.276 e. The Kier molecular flexibility index (Phi) is 4.27. The predicted octanol–water partition coefficient (Wildman–Crippen LogP) is 3.42. The Morgan fingerprint density at radius 1 is 1.07 bits per heavy atom. The molecule has 5 rings (SSSR count). The van der Waals surface area contributed by atoms with Gasteiger partial charge in [0.05, 0.1) is 33.5 Å². The summed E-state index contributed by atoms with van der Waals surface area (Å²) in [4.78, 5) is 37.3. The molecule has 4 N–H and O–H groups in total. The molecule has 1 amide bonds. The third-order valence-electron chi connectivity index (χ3n) is 5.64. The van der Waals surface area contributed by atoms with Gasteiger partial charge >= 0.3 is 0 Å². The average Bonchev–Trinajstić information content (AvgIpc) is 3.08. The number of carbonyl (C=O) groups is 1. The van der Waals surface area contributed by atoms with E-state index in [2.05, 4.69) is 15.0 Å². The van der Waals surface area contributed by atoms with Gasteiger partial charge in [-0.05, 0) is 43.5 Å². The van der Waals surface area contributed by atoms with Gasteiger partial charge in [-0.3, -0.25) is 9.59 Å². The highest BCUT2D eigenvalue weighted by molar-refractivity contribution is 6.05. The van der Waals surface area contributed by atoms with E-state index < -0.39 is 11.4 Å². The van der Waals surface area contributed by atoms with E-state index in [1.54, 1.807) is 23.1 Å². The molecule has 2 aromatic carbocycles. The van der Waals surface area contributed by atoms with Gasteiger partial charge in [0.2, 0.25) is 0 Å². The number of nitrogen functional groups attached to an aromatic ring is 1. The number of amides is 1. The molecule has 0 aliphatic carbocycles. The fourth-order valence-electron chi connectivity index (χ4n) is 4.05. The van der Waals surface area contributed by atoms with Gasteiger partial charge < -0.3 is 20.6 Å². The molecule has 4 aromatic rings. The minimum absolute atomic E-state index is 0.0120. The first-order valence-corrected chi connectivity index (χ1v) is 9.92. The van der Waals surface area contributed by atoms with Crippen LogP contribution in [0.4, 0.5) is 10.1 Å². The Hall–Kier alpha value is -3.68. The number of anilines is 1. The molecule has 0 unspecified atom stereocenters. The summed E-state index contributed by atoms with van der Waals surface area (Å²) in [5.74, 6) is -0.954. The number of fused-ring (bicyclic) bond motifs is 2. The van der Waals surface area contributed by atoms with E-state index in [1.807, 2.05) is 6.07 Å². The normalized spacial score (nSPS) is 14.5. The fourth-order valence-corrected chi connectivity index (χ4v) is 4.05. The predicted molar refractivity (Wildman–Crippen MR) is 114 cm³/mol. The molecule has 0 radical (unpaired) electrons. The number of benzene rings is 2. The van der Waals surface area contributed by atoms with Crippen LogP contribution in [0.2, 0.25) is 0 Å². The van der Waals surface area contributed by atoms with Crippen LogP contribution < -0.4 is 11.3 Å². The van der Waals surface area contributed by atoms with Gasteiger partial charge in [0.1, 0.15) is 5.82 Å². The number of aromatic amines is 2. The lowest BCUT2D eigenvalue weighted by atomic mass is 10.1. The summed E-state index contributed by atoms with van der Waals surface area (Å²) in [7, 11) is 0. The minimum Gasteiger partial charge on any atom is -0.396 e. The number of nitrogens with zero attached hydrogens (tertiary/aromatic N) is 2. The number of H-pyrrole nitrogens is 2. The van der Waals surface area contributed by atoms with Crippen molar-refractivity contribution in [1.29, 1.82) is 0 Å². The Balaban J connectivity index is 1.63. The van der Waals surface area contributed by atoms with Crippen LogP contribution in [-0.2, 0) is 0 Å². The third kappa shape index (κ3) is 2.92. The SMILES string of the molecule is Nc1c(-c2nc3ccccc3[nH]c2=O)[nH]c2cc(F)c(C(=O)N3CCCCC3)cc12. The zero-order valence-electron chi connectivity index (χ0n) is 16.2. The number of para-hydroxylation sites is 2. The molecule has 1 aliphatic heterocycles. The molecule has 0 saturated carbocycles. The second-order valence-electron chi connectivity index (χ2n) is 7.58. The van der Waals surface area contributed by atoms with Crippen molar-refractivity contribution < 1.29 is 9.18 Å². The lowest BCUT2D eigenvalue weighted by Crippen LogP contribution is -2.36. The minimum atomic E-state index is -0.619. The Morgan fingerprint density at radius 3 is 2.63 bits per heavy atom. The van der Waals surface area contributed by atoms with Crippen molar-refractivity contribution in [2.45, 2.75) is 19.3 Å². The second kappa shape index (κ2) is 6.98. The number of nitrogens with one attached hydrogen (secondary N) is 2. The monoisotopic (exact) mass is 405 g/mol. The lowest BCUT2D eigenvalue weighted by molar-refractivity contribution is 0.0720. The van der Waals surface area contributed by atoms with Crippen molar-refractivity contribution in [2.24, 2.45) is 0 Å². The topological polar surface area (TPSA) is 108 Å². The molecule has 0 atom stereocenters. The van der Waals surface area contributed by atoms with Crippen LogP contribution in [0.25, 0.3) is 33.3 Å². The van der Waals surface area contributed by atoms with Crippen molar-refractivity contribution >= 4 is 33.5 Å². The molecule has 1 aliphatic rings. The standard InChI is InChI=1S/C22H20FN5O2/c23-14-11-17-13(10-12(14)22(30)28-8-4-1-5-9-28)18(24)19(26-17)20-21(29)27-16-7-3-2-6-15(16)25-20/h2-3,6-7,10-11,26H,1,4-5,8-9,24H2,(H,27,29). The highest BCUT2D eigenvalue weighted by atomic mass is 19.1. The Morgan fingerprint density at radius 2 is 1.83 bits per heavy atom. The maximum atomic E-state index is 14.8. The Labute approximate surface area is 170 Å².